The summed E-state index contributed by atoms with van der Waals surface area (Å²) in [4.78, 5) is 0.312. The first kappa shape index (κ1) is 20.1. The summed E-state index contributed by atoms with van der Waals surface area (Å²) in [6, 6.07) is 13.9. The third-order valence-electron chi connectivity index (χ3n) is 4.42. The molecule has 0 aliphatic carbocycles. The molecule has 0 unspecified atom stereocenters. The number of hydrogen-bond donors (Lipinski definition) is 2. The van der Waals surface area contributed by atoms with Crippen LogP contribution >= 0.6 is 23.8 Å². The van der Waals surface area contributed by atoms with Crippen molar-refractivity contribution >= 4 is 50.3 Å². The largest absolute Gasteiger partial charge is 0.332 e. The Bertz CT molecular complexity index is 876. The van der Waals surface area contributed by atoms with Crippen molar-refractivity contribution in [1.82, 2.24) is 4.31 Å². The van der Waals surface area contributed by atoms with E-state index in [0.29, 0.717) is 28.1 Å². The fourth-order valence-corrected chi connectivity index (χ4v) is 4.85. The Balaban J connectivity index is 1.64. The zero-order valence-corrected chi connectivity index (χ0v) is 17.2. The van der Waals surface area contributed by atoms with Crippen LogP contribution in [0.3, 0.4) is 0 Å². The lowest BCUT2D eigenvalue weighted by atomic mass is 10.2. The van der Waals surface area contributed by atoms with Gasteiger partial charge in [0.1, 0.15) is 0 Å². The van der Waals surface area contributed by atoms with E-state index in [9.17, 15) is 8.42 Å². The molecule has 0 aromatic heterocycles. The number of halogens is 1. The van der Waals surface area contributed by atoms with Gasteiger partial charge in [-0.1, -0.05) is 24.4 Å². The fourth-order valence-electron chi connectivity index (χ4n) is 2.97. The van der Waals surface area contributed by atoms with Crippen LogP contribution in [0.4, 0.5) is 11.4 Å². The van der Waals surface area contributed by atoms with Crippen molar-refractivity contribution in [3.63, 3.8) is 0 Å². The fraction of sp³-hybridized carbons (Fsp3) is 0.316. The number of sulfonamides is 1. The minimum Gasteiger partial charge on any atom is -0.332 e. The van der Waals surface area contributed by atoms with Gasteiger partial charge >= 0.3 is 0 Å². The van der Waals surface area contributed by atoms with E-state index in [4.69, 9.17) is 23.8 Å². The zero-order chi connectivity index (χ0) is 19.3. The SMILES string of the molecule is O=S(=O)(c1ccc(NC(=S)Nc2ccc(Cl)cc2)cc1)N1CCCCCC1. The third-order valence-corrected chi connectivity index (χ3v) is 6.79. The Hall–Kier alpha value is -1.67. The van der Waals surface area contributed by atoms with E-state index in [1.165, 1.54) is 0 Å². The molecule has 144 valence electrons. The second-order valence-corrected chi connectivity index (χ2v) is 9.21. The van der Waals surface area contributed by atoms with E-state index in [1.807, 2.05) is 12.1 Å². The molecule has 2 aromatic rings. The van der Waals surface area contributed by atoms with Crippen molar-refractivity contribution < 1.29 is 8.42 Å². The molecule has 0 amide bonds. The highest BCUT2D eigenvalue weighted by Gasteiger charge is 2.24. The molecular weight excluding hydrogens is 402 g/mol. The van der Waals surface area contributed by atoms with Gasteiger partial charge in [-0.15, -0.1) is 0 Å². The molecule has 1 fully saturated rings. The molecule has 8 heteroatoms. The van der Waals surface area contributed by atoms with Crippen molar-refractivity contribution in [2.24, 2.45) is 0 Å². The molecule has 0 atom stereocenters. The number of nitrogens with zero attached hydrogens (tertiary/aromatic N) is 1. The number of thiocarbonyl (C=S) groups is 1. The number of benzene rings is 2. The van der Waals surface area contributed by atoms with Crippen LogP contribution in [0.15, 0.2) is 53.4 Å². The Morgan fingerprint density at radius 3 is 1.85 bits per heavy atom. The molecule has 1 aliphatic rings. The highest BCUT2D eigenvalue weighted by atomic mass is 35.5. The normalized spacial score (nSPS) is 15.7. The highest BCUT2D eigenvalue weighted by molar-refractivity contribution is 7.89. The van der Waals surface area contributed by atoms with E-state index in [2.05, 4.69) is 10.6 Å². The first-order valence-corrected chi connectivity index (χ1v) is 11.1. The van der Waals surface area contributed by atoms with Crippen molar-refractivity contribution in [3.8, 4) is 0 Å². The summed E-state index contributed by atoms with van der Waals surface area (Å²) in [5.74, 6) is 0. The van der Waals surface area contributed by atoms with Crippen LogP contribution in [0, 0.1) is 0 Å². The van der Waals surface area contributed by atoms with Gasteiger partial charge in [0.05, 0.1) is 4.90 Å². The number of rotatable bonds is 4. The summed E-state index contributed by atoms with van der Waals surface area (Å²) in [6.45, 7) is 1.19. The van der Waals surface area contributed by atoms with Crippen LogP contribution in [0.5, 0.6) is 0 Å². The highest BCUT2D eigenvalue weighted by Crippen LogP contribution is 2.22. The van der Waals surface area contributed by atoms with E-state index in [1.54, 1.807) is 40.7 Å². The van der Waals surface area contributed by atoms with Gasteiger partial charge in [-0.05, 0) is 73.6 Å². The minimum absolute atomic E-state index is 0.312. The van der Waals surface area contributed by atoms with Gasteiger partial charge in [0.2, 0.25) is 10.0 Å². The molecular formula is C19H22ClN3O2S2. The van der Waals surface area contributed by atoms with E-state index < -0.39 is 10.0 Å². The molecule has 1 aliphatic heterocycles. The van der Waals surface area contributed by atoms with Crippen molar-refractivity contribution in [2.75, 3.05) is 23.7 Å². The molecule has 1 heterocycles. The van der Waals surface area contributed by atoms with Crippen molar-refractivity contribution in [2.45, 2.75) is 30.6 Å². The average Bonchev–Trinajstić information content (AvgIpc) is 2.94. The summed E-state index contributed by atoms with van der Waals surface area (Å²) < 4.78 is 27.2. The predicted molar refractivity (Wildman–Crippen MR) is 115 cm³/mol. The Morgan fingerprint density at radius 2 is 1.33 bits per heavy atom. The van der Waals surface area contributed by atoms with Crippen LogP contribution in [-0.4, -0.2) is 30.9 Å². The molecule has 2 N–H and O–H groups in total. The van der Waals surface area contributed by atoms with E-state index in [-0.39, 0.29) is 0 Å². The molecule has 3 rings (SSSR count). The second kappa shape index (κ2) is 9.01. The summed E-state index contributed by atoms with van der Waals surface area (Å²) >= 11 is 11.2. The lowest BCUT2D eigenvalue weighted by Crippen LogP contribution is -2.31. The average molecular weight is 424 g/mol. The van der Waals surface area contributed by atoms with Crippen LogP contribution in [0.1, 0.15) is 25.7 Å². The van der Waals surface area contributed by atoms with E-state index in [0.717, 1.165) is 37.1 Å². The quantitative estimate of drug-likeness (QED) is 0.697. The van der Waals surface area contributed by atoms with Gasteiger partial charge in [-0.2, -0.15) is 4.31 Å². The Labute approximate surface area is 170 Å². The molecule has 0 spiro atoms. The first-order valence-electron chi connectivity index (χ1n) is 8.89. The second-order valence-electron chi connectivity index (χ2n) is 6.43. The first-order chi connectivity index (χ1) is 12.9. The van der Waals surface area contributed by atoms with Gasteiger partial charge < -0.3 is 10.6 Å². The van der Waals surface area contributed by atoms with Gasteiger partial charge in [0.25, 0.3) is 0 Å². The van der Waals surface area contributed by atoms with Gasteiger partial charge in [-0.3, -0.25) is 0 Å². The summed E-state index contributed by atoms with van der Waals surface area (Å²) in [5.41, 5.74) is 1.54. The summed E-state index contributed by atoms with van der Waals surface area (Å²) in [5, 5.41) is 7.18. The standard InChI is InChI=1S/C19H22ClN3O2S2/c20-15-5-7-16(8-6-15)21-19(26)22-17-9-11-18(12-10-17)27(24,25)23-13-3-1-2-4-14-23/h5-12H,1-4,13-14H2,(H2,21,22,26). The number of hydrogen-bond acceptors (Lipinski definition) is 3. The van der Waals surface area contributed by atoms with Crippen LogP contribution < -0.4 is 10.6 Å². The molecule has 0 saturated carbocycles. The maximum atomic E-state index is 12.8. The summed E-state index contributed by atoms with van der Waals surface area (Å²) in [6.07, 6.45) is 4.02. The molecule has 5 nitrogen and oxygen atoms in total. The minimum atomic E-state index is -3.44. The Morgan fingerprint density at radius 1 is 0.852 bits per heavy atom. The number of anilines is 2. The third kappa shape index (κ3) is 5.42. The smallest absolute Gasteiger partial charge is 0.243 e. The van der Waals surface area contributed by atoms with Crippen molar-refractivity contribution in [3.05, 3.63) is 53.6 Å². The maximum Gasteiger partial charge on any atom is 0.243 e. The lowest BCUT2D eigenvalue weighted by molar-refractivity contribution is 0.424. The van der Waals surface area contributed by atoms with Gasteiger partial charge in [-0.25, -0.2) is 8.42 Å². The van der Waals surface area contributed by atoms with E-state index >= 15 is 0 Å². The van der Waals surface area contributed by atoms with Gasteiger partial charge in [0, 0.05) is 29.5 Å². The number of nitrogens with one attached hydrogen (secondary N) is 2. The molecule has 2 aromatic carbocycles. The maximum absolute atomic E-state index is 12.8. The van der Waals surface area contributed by atoms with Crippen LogP contribution in [-0.2, 0) is 10.0 Å². The van der Waals surface area contributed by atoms with Gasteiger partial charge in [0.15, 0.2) is 5.11 Å². The van der Waals surface area contributed by atoms with Crippen LogP contribution in [0.2, 0.25) is 5.02 Å². The molecule has 0 radical (unpaired) electrons. The lowest BCUT2D eigenvalue weighted by Gasteiger charge is -2.20. The summed E-state index contributed by atoms with van der Waals surface area (Å²) in [7, 11) is -3.44. The zero-order valence-electron chi connectivity index (χ0n) is 14.8. The molecule has 1 saturated heterocycles. The van der Waals surface area contributed by atoms with Crippen LogP contribution in [0.25, 0.3) is 0 Å². The molecule has 0 bridgehead atoms. The molecule has 27 heavy (non-hydrogen) atoms. The van der Waals surface area contributed by atoms with Crippen molar-refractivity contribution in [1.29, 1.82) is 0 Å². The monoisotopic (exact) mass is 423 g/mol. The topological polar surface area (TPSA) is 61.4 Å². The predicted octanol–water partition coefficient (Wildman–Crippen LogP) is 4.71. The Kier molecular flexibility index (Phi) is 6.70.